The van der Waals surface area contributed by atoms with Gasteiger partial charge in [-0.2, -0.15) is 0 Å². The molecular weight excluding hydrogens is 416 g/mol. The summed E-state index contributed by atoms with van der Waals surface area (Å²) in [6.07, 6.45) is 0. The van der Waals surface area contributed by atoms with E-state index >= 15 is 0 Å². The summed E-state index contributed by atoms with van der Waals surface area (Å²) in [6.45, 7) is 0. The molecule has 2 amide bonds. The first-order valence-corrected chi connectivity index (χ1v) is 10.5. The molecule has 0 aliphatic rings. The van der Waals surface area contributed by atoms with Gasteiger partial charge in [-0.05, 0) is 60.7 Å². The van der Waals surface area contributed by atoms with E-state index in [4.69, 9.17) is 12.2 Å². The van der Waals surface area contributed by atoms with Gasteiger partial charge in [-0.3, -0.25) is 19.4 Å². The lowest BCUT2D eigenvalue weighted by Crippen LogP contribution is -2.49. The topological polar surface area (TPSA) is 40.6 Å². The standard InChI is InChI=1S/C27H20N2O2S/c30-25(21-13-5-1-6-14-21)28(23-17-9-3-10-18-23)27(32)29(24-19-11-4-12-20-24)26(31)22-15-7-2-8-16-22/h1-20H. The van der Waals surface area contributed by atoms with Crippen LogP contribution in [-0.4, -0.2) is 16.9 Å². The summed E-state index contributed by atoms with van der Waals surface area (Å²) in [5.41, 5.74) is 2.10. The molecule has 0 unspecified atom stereocenters. The third-order valence-corrected chi connectivity index (χ3v) is 5.22. The molecule has 0 saturated carbocycles. The maximum absolute atomic E-state index is 13.6. The highest BCUT2D eigenvalue weighted by molar-refractivity contribution is 7.81. The van der Waals surface area contributed by atoms with E-state index in [-0.39, 0.29) is 16.9 Å². The lowest BCUT2D eigenvalue weighted by molar-refractivity contribution is 0.0999. The Kier molecular flexibility index (Phi) is 6.49. The van der Waals surface area contributed by atoms with Crippen LogP contribution >= 0.6 is 12.2 Å². The monoisotopic (exact) mass is 436 g/mol. The van der Waals surface area contributed by atoms with Crippen LogP contribution in [0, 0.1) is 0 Å². The van der Waals surface area contributed by atoms with Gasteiger partial charge in [-0.15, -0.1) is 0 Å². The number of thiocarbonyl (C=S) groups is 1. The number of hydrogen-bond acceptors (Lipinski definition) is 3. The van der Waals surface area contributed by atoms with Crippen molar-refractivity contribution in [2.24, 2.45) is 0 Å². The van der Waals surface area contributed by atoms with Crippen LogP contribution in [0.5, 0.6) is 0 Å². The largest absolute Gasteiger partial charge is 0.268 e. The van der Waals surface area contributed by atoms with Gasteiger partial charge in [-0.25, -0.2) is 0 Å². The van der Waals surface area contributed by atoms with E-state index in [1.807, 2.05) is 48.5 Å². The Bertz CT molecular complexity index is 1120. The molecule has 0 aliphatic carbocycles. The highest BCUT2D eigenvalue weighted by Gasteiger charge is 2.31. The second-order valence-corrected chi connectivity index (χ2v) is 7.33. The van der Waals surface area contributed by atoms with Crippen molar-refractivity contribution < 1.29 is 9.59 Å². The van der Waals surface area contributed by atoms with Crippen molar-refractivity contribution >= 4 is 40.5 Å². The number of amides is 2. The van der Waals surface area contributed by atoms with Crippen LogP contribution in [0.25, 0.3) is 0 Å². The third-order valence-electron chi connectivity index (χ3n) is 4.86. The van der Waals surface area contributed by atoms with Crippen LogP contribution in [0.2, 0.25) is 0 Å². The van der Waals surface area contributed by atoms with Gasteiger partial charge >= 0.3 is 0 Å². The molecule has 0 heterocycles. The molecule has 0 bridgehead atoms. The Hall–Kier alpha value is -4.09. The van der Waals surface area contributed by atoms with Gasteiger partial charge in [0.25, 0.3) is 11.8 Å². The highest BCUT2D eigenvalue weighted by Crippen LogP contribution is 2.24. The van der Waals surface area contributed by atoms with Crippen LogP contribution in [0.15, 0.2) is 121 Å². The number of rotatable bonds is 4. The van der Waals surface area contributed by atoms with E-state index in [0.29, 0.717) is 22.5 Å². The van der Waals surface area contributed by atoms with E-state index in [2.05, 4.69) is 0 Å². The molecule has 4 aromatic carbocycles. The van der Waals surface area contributed by atoms with Crippen LogP contribution in [0.3, 0.4) is 0 Å². The van der Waals surface area contributed by atoms with Crippen molar-refractivity contribution in [1.82, 2.24) is 0 Å². The Morgan fingerprint density at radius 2 is 0.750 bits per heavy atom. The van der Waals surface area contributed by atoms with E-state index in [9.17, 15) is 9.59 Å². The fourth-order valence-corrected chi connectivity index (χ4v) is 3.68. The second kappa shape index (κ2) is 9.81. The minimum absolute atomic E-state index is 0.0742. The summed E-state index contributed by atoms with van der Waals surface area (Å²) in [6, 6.07) is 36.0. The fraction of sp³-hybridized carbons (Fsp3) is 0. The Balaban J connectivity index is 1.83. The molecule has 0 atom stereocenters. The molecule has 4 rings (SSSR count). The lowest BCUT2D eigenvalue weighted by Gasteiger charge is -2.31. The number of para-hydroxylation sites is 2. The Labute approximate surface area is 192 Å². The van der Waals surface area contributed by atoms with E-state index in [0.717, 1.165) is 0 Å². The number of benzene rings is 4. The third kappa shape index (κ3) is 4.48. The van der Waals surface area contributed by atoms with E-state index in [1.54, 1.807) is 72.8 Å². The molecule has 0 saturated heterocycles. The average Bonchev–Trinajstić information content (AvgIpc) is 2.86. The minimum Gasteiger partial charge on any atom is -0.268 e. The van der Waals surface area contributed by atoms with Gasteiger partial charge in [0.05, 0.1) is 11.4 Å². The summed E-state index contributed by atoms with van der Waals surface area (Å²) in [5.74, 6) is -0.632. The van der Waals surface area contributed by atoms with Crippen LogP contribution in [0.1, 0.15) is 20.7 Å². The molecule has 0 spiro atoms. The van der Waals surface area contributed by atoms with Gasteiger partial charge in [0.2, 0.25) is 0 Å². The summed E-state index contributed by atoms with van der Waals surface area (Å²) >= 11 is 5.82. The molecule has 0 aromatic heterocycles. The van der Waals surface area contributed by atoms with Gasteiger partial charge in [0.1, 0.15) is 0 Å². The van der Waals surface area contributed by atoms with Crippen LogP contribution in [-0.2, 0) is 0 Å². The summed E-state index contributed by atoms with van der Waals surface area (Å²) in [7, 11) is 0. The van der Waals surface area contributed by atoms with Crippen molar-refractivity contribution in [2.45, 2.75) is 0 Å². The van der Waals surface area contributed by atoms with Gasteiger partial charge in [-0.1, -0.05) is 72.8 Å². The quantitative estimate of drug-likeness (QED) is 0.370. The predicted octanol–water partition coefficient (Wildman–Crippen LogP) is 5.97. The zero-order valence-electron chi connectivity index (χ0n) is 17.2. The maximum atomic E-state index is 13.6. The van der Waals surface area contributed by atoms with Crippen molar-refractivity contribution in [3.8, 4) is 0 Å². The lowest BCUT2D eigenvalue weighted by atomic mass is 10.1. The van der Waals surface area contributed by atoms with Gasteiger partial charge in [0, 0.05) is 11.1 Å². The molecule has 5 heteroatoms. The number of anilines is 2. The SMILES string of the molecule is O=C(c1ccccc1)N(C(=S)N(C(=O)c1ccccc1)c1ccccc1)c1ccccc1. The molecule has 0 N–H and O–H groups in total. The smallest absolute Gasteiger partial charge is 0.264 e. The average molecular weight is 437 g/mol. The van der Waals surface area contributed by atoms with Crippen molar-refractivity contribution in [1.29, 1.82) is 0 Å². The molecule has 0 aliphatic heterocycles. The van der Waals surface area contributed by atoms with E-state index < -0.39 is 0 Å². The highest BCUT2D eigenvalue weighted by atomic mass is 32.1. The predicted molar refractivity (Wildman–Crippen MR) is 132 cm³/mol. The first-order chi connectivity index (χ1) is 15.7. The Morgan fingerprint density at radius 1 is 0.469 bits per heavy atom. The molecule has 4 nitrogen and oxygen atoms in total. The van der Waals surface area contributed by atoms with Crippen molar-refractivity contribution in [2.75, 3.05) is 9.80 Å². The number of carbonyl (C=O) groups is 2. The molecular formula is C27H20N2O2S. The fourth-order valence-electron chi connectivity index (χ4n) is 3.30. The van der Waals surface area contributed by atoms with Crippen LogP contribution in [0.4, 0.5) is 11.4 Å². The first kappa shape index (κ1) is 21.2. The minimum atomic E-state index is -0.316. The summed E-state index contributed by atoms with van der Waals surface area (Å²) in [5, 5.41) is 0.0742. The molecule has 32 heavy (non-hydrogen) atoms. The maximum Gasteiger partial charge on any atom is 0.264 e. The number of hydrogen-bond donors (Lipinski definition) is 0. The normalized spacial score (nSPS) is 10.2. The van der Waals surface area contributed by atoms with Gasteiger partial charge < -0.3 is 0 Å². The number of carbonyl (C=O) groups excluding carboxylic acids is 2. The molecule has 0 radical (unpaired) electrons. The first-order valence-electron chi connectivity index (χ1n) is 10.1. The molecule has 4 aromatic rings. The van der Waals surface area contributed by atoms with Crippen molar-refractivity contribution in [3.63, 3.8) is 0 Å². The second-order valence-electron chi connectivity index (χ2n) is 6.97. The summed E-state index contributed by atoms with van der Waals surface area (Å²) in [4.78, 5) is 30.0. The summed E-state index contributed by atoms with van der Waals surface area (Å²) < 4.78 is 0. The van der Waals surface area contributed by atoms with Crippen molar-refractivity contribution in [3.05, 3.63) is 132 Å². The zero-order chi connectivity index (χ0) is 22.3. The molecule has 156 valence electrons. The van der Waals surface area contributed by atoms with E-state index in [1.165, 1.54) is 9.80 Å². The number of nitrogens with zero attached hydrogens (tertiary/aromatic N) is 2. The van der Waals surface area contributed by atoms with Gasteiger partial charge in [0.15, 0.2) is 5.11 Å². The Morgan fingerprint density at radius 3 is 1.06 bits per heavy atom. The van der Waals surface area contributed by atoms with Crippen LogP contribution < -0.4 is 9.80 Å². The zero-order valence-corrected chi connectivity index (χ0v) is 18.0. The molecule has 0 fully saturated rings.